The summed E-state index contributed by atoms with van der Waals surface area (Å²) in [5.41, 5.74) is 1.23. The fourth-order valence-electron chi connectivity index (χ4n) is 1.80. The summed E-state index contributed by atoms with van der Waals surface area (Å²) in [6, 6.07) is 6.76. The zero-order valence-corrected chi connectivity index (χ0v) is 13.0. The number of ether oxygens (including phenoxy) is 1. The molecule has 0 aliphatic rings. The van der Waals surface area contributed by atoms with Crippen LogP contribution in [-0.4, -0.2) is 42.3 Å². The van der Waals surface area contributed by atoms with Gasteiger partial charge in [-0.1, -0.05) is 0 Å². The van der Waals surface area contributed by atoms with Crippen LogP contribution in [0.4, 0.5) is 5.69 Å². The van der Waals surface area contributed by atoms with Crippen molar-refractivity contribution in [1.29, 1.82) is 0 Å². The number of hydrogen-bond acceptors (Lipinski definition) is 6. The maximum Gasteiger partial charge on any atom is 0.313 e. The molecule has 23 heavy (non-hydrogen) atoms. The van der Waals surface area contributed by atoms with E-state index in [-0.39, 0.29) is 0 Å². The highest BCUT2D eigenvalue weighted by atomic mass is 16.5. The molecular weight excluding hydrogens is 300 g/mol. The largest absolute Gasteiger partial charge is 0.421 e. The second kappa shape index (κ2) is 8.04. The molecule has 0 aliphatic heterocycles. The number of carbonyl (C=O) groups excluding carboxylic acids is 2. The van der Waals surface area contributed by atoms with Gasteiger partial charge in [0.2, 0.25) is 11.8 Å². The summed E-state index contributed by atoms with van der Waals surface area (Å²) in [6.45, 7) is 2.62. The molecule has 2 amide bonds. The molecule has 1 heterocycles. The molecule has 2 aromatic rings. The van der Waals surface area contributed by atoms with Crippen molar-refractivity contribution < 1.29 is 18.7 Å². The van der Waals surface area contributed by atoms with Gasteiger partial charge in [-0.3, -0.25) is 9.59 Å². The Kier molecular flexibility index (Phi) is 5.81. The number of carbonyl (C=O) groups is 2. The molecule has 1 aromatic carbocycles. The van der Waals surface area contributed by atoms with Crippen molar-refractivity contribution in [2.24, 2.45) is 0 Å². The average molecular weight is 318 g/mol. The van der Waals surface area contributed by atoms with E-state index < -0.39 is 11.8 Å². The lowest BCUT2D eigenvalue weighted by atomic mass is 10.2. The highest BCUT2D eigenvalue weighted by Crippen LogP contribution is 2.19. The van der Waals surface area contributed by atoms with Gasteiger partial charge in [0, 0.05) is 38.4 Å². The van der Waals surface area contributed by atoms with Crippen molar-refractivity contribution in [1.82, 2.24) is 15.5 Å². The van der Waals surface area contributed by atoms with E-state index >= 15 is 0 Å². The third-order valence-electron chi connectivity index (χ3n) is 2.93. The number of amides is 2. The standard InChI is InChI=1S/C15H18N4O4/c1-10-18-19-15(23-10)11-4-6-12(7-5-11)17-14(21)13(20)16-8-3-9-22-2/h4-7H,3,8-9H2,1-2H3,(H,16,20)(H,17,21). The molecule has 0 spiro atoms. The number of benzene rings is 1. The first-order valence-corrected chi connectivity index (χ1v) is 7.09. The van der Waals surface area contributed by atoms with E-state index in [1.807, 2.05) is 0 Å². The molecule has 122 valence electrons. The Bertz CT molecular complexity index is 666. The molecule has 0 atom stereocenters. The van der Waals surface area contributed by atoms with Crippen LogP contribution in [0.5, 0.6) is 0 Å². The first-order valence-electron chi connectivity index (χ1n) is 7.09. The maximum atomic E-state index is 11.7. The third-order valence-corrected chi connectivity index (χ3v) is 2.93. The van der Waals surface area contributed by atoms with E-state index in [1.165, 1.54) is 0 Å². The Balaban J connectivity index is 1.87. The van der Waals surface area contributed by atoms with Gasteiger partial charge in [-0.15, -0.1) is 10.2 Å². The van der Waals surface area contributed by atoms with Crippen LogP contribution in [0.3, 0.4) is 0 Å². The monoisotopic (exact) mass is 318 g/mol. The molecule has 2 rings (SSSR count). The van der Waals surface area contributed by atoms with Crippen LogP contribution in [0.15, 0.2) is 28.7 Å². The zero-order valence-electron chi connectivity index (χ0n) is 13.0. The van der Waals surface area contributed by atoms with Gasteiger partial charge in [-0.25, -0.2) is 0 Å². The Morgan fingerprint density at radius 3 is 2.52 bits per heavy atom. The smallest absolute Gasteiger partial charge is 0.313 e. The highest BCUT2D eigenvalue weighted by molar-refractivity contribution is 6.39. The lowest BCUT2D eigenvalue weighted by molar-refractivity contribution is -0.136. The number of hydrogen-bond donors (Lipinski definition) is 2. The summed E-state index contributed by atoms with van der Waals surface area (Å²) in [5, 5.41) is 12.7. The van der Waals surface area contributed by atoms with Crippen molar-refractivity contribution in [2.45, 2.75) is 13.3 Å². The highest BCUT2D eigenvalue weighted by Gasteiger charge is 2.13. The first kappa shape index (κ1) is 16.6. The Labute approximate surface area is 133 Å². The Morgan fingerprint density at radius 1 is 1.17 bits per heavy atom. The van der Waals surface area contributed by atoms with Crippen molar-refractivity contribution in [3.63, 3.8) is 0 Å². The summed E-state index contributed by atoms with van der Waals surface area (Å²) < 4.78 is 10.2. The predicted molar refractivity (Wildman–Crippen MR) is 82.6 cm³/mol. The number of aryl methyl sites for hydroxylation is 1. The van der Waals surface area contributed by atoms with Crippen molar-refractivity contribution >= 4 is 17.5 Å². The van der Waals surface area contributed by atoms with Gasteiger partial charge >= 0.3 is 11.8 Å². The van der Waals surface area contributed by atoms with E-state index in [2.05, 4.69) is 20.8 Å². The van der Waals surface area contributed by atoms with Crippen LogP contribution < -0.4 is 10.6 Å². The molecule has 0 bridgehead atoms. The van der Waals surface area contributed by atoms with Crippen LogP contribution in [0.25, 0.3) is 11.5 Å². The van der Waals surface area contributed by atoms with E-state index in [4.69, 9.17) is 9.15 Å². The number of methoxy groups -OCH3 is 1. The van der Waals surface area contributed by atoms with Gasteiger partial charge in [0.1, 0.15) is 0 Å². The molecule has 0 radical (unpaired) electrons. The van der Waals surface area contributed by atoms with Crippen molar-refractivity contribution in [3.8, 4) is 11.5 Å². The Hall–Kier alpha value is -2.74. The maximum absolute atomic E-state index is 11.7. The number of anilines is 1. The van der Waals surface area contributed by atoms with Gasteiger partial charge in [0.15, 0.2) is 0 Å². The molecule has 8 nitrogen and oxygen atoms in total. The minimum absolute atomic E-state index is 0.384. The predicted octanol–water partition coefficient (Wildman–Crippen LogP) is 1.14. The molecule has 0 saturated carbocycles. The molecule has 8 heteroatoms. The Morgan fingerprint density at radius 2 is 1.91 bits per heavy atom. The van der Waals surface area contributed by atoms with Crippen molar-refractivity contribution in [3.05, 3.63) is 30.2 Å². The SMILES string of the molecule is COCCCNC(=O)C(=O)Nc1ccc(-c2nnc(C)o2)cc1. The van der Waals surface area contributed by atoms with Crippen LogP contribution in [0.1, 0.15) is 12.3 Å². The third kappa shape index (κ3) is 4.89. The number of nitrogens with zero attached hydrogens (tertiary/aromatic N) is 2. The molecule has 1 aromatic heterocycles. The average Bonchev–Trinajstić information content (AvgIpc) is 2.98. The topological polar surface area (TPSA) is 106 Å². The summed E-state index contributed by atoms with van der Waals surface area (Å²) >= 11 is 0. The first-order chi connectivity index (χ1) is 11.1. The lowest BCUT2D eigenvalue weighted by Gasteiger charge is -2.06. The van der Waals surface area contributed by atoms with Crippen molar-refractivity contribution in [2.75, 3.05) is 25.6 Å². The second-order valence-electron chi connectivity index (χ2n) is 4.76. The van der Waals surface area contributed by atoms with E-state index in [1.54, 1.807) is 38.3 Å². The fourth-order valence-corrected chi connectivity index (χ4v) is 1.80. The van der Waals surface area contributed by atoms with Gasteiger partial charge < -0.3 is 19.8 Å². The molecule has 0 saturated heterocycles. The van der Waals surface area contributed by atoms with E-state index in [0.717, 1.165) is 5.56 Å². The van der Waals surface area contributed by atoms with Crippen LogP contribution >= 0.6 is 0 Å². The quantitative estimate of drug-likeness (QED) is 0.611. The molecule has 0 fully saturated rings. The summed E-state index contributed by atoms with van der Waals surface area (Å²) in [7, 11) is 1.58. The van der Waals surface area contributed by atoms with E-state index in [0.29, 0.717) is 37.0 Å². The van der Waals surface area contributed by atoms with Crippen LogP contribution in [0, 0.1) is 6.92 Å². The molecular formula is C15H18N4O4. The van der Waals surface area contributed by atoms with Gasteiger partial charge in [0.25, 0.3) is 0 Å². The molecule has 2 N–H and O–H groups in total. The molecule has 0 unspecified atom stereocenters. The van der Waals surface area contributed by atoms with Crippen LogP contribution in [0.2, 0.25) is 0 Å². The minimum atomic E-state index is -0.719. The number of aromatic nitrogens is 2. The van der Waals surface area contributed by atoms with Gasteiger partial charge in [0.05, 0.1) is 0 Å². The summed E-state index contributed by atoms with van der Waals surface area (Å²) in [4.78, 5) is 23.3. The lowest BCUT2D eigenvalue weighted by Crippen LogP contribution is -2.36. The second-order valence-corrected chi connectivity index (χ2v) is 4.76. The number of rotatable bonds is 6. The fraction of sp³-hybridized carbons (Fsp3) is 0.333. The number of nitrogens with one attached hydrogen (secondary N) is 2. The zero-order chi connectivity index (χ0) is 16.7. The van der Waals surface area contributed by atoms with Crippen LogP contribution in [-0.2, 0) is 14.3 Å². The summed E-state index contributed by atoms with van der Waals surface area (Å²) in [6.07, 6.45) is 0.647. The molecule has 0 aliphatic carbocycles. The normalized spacial score (nSPS) is 10.3. The van der Waals surface area contributed by atoms with Gasteiger partial charge in [-0.05, 0) is 30.7 Å². The van der Waals surface area contributed by atoms with Gasteiger partial charge in [-0.2, -0.15) is 0 Å². The minimum Gasteiger partial charge on any atom is -0.421 e. The van der Waals surface area contributed by atoms with E-state index in [9.17, 15) is 9.59 Å². The summed E-state index contributed by atoms with van der Waals surface area (Å²) in [5.74, 6) is -0.528.